The summed E-state index contributed by atoms with van der Waals surface area (Å²) in [5.41, 5.74) is 5.72. The average molecular weight is 254 g/mol. The molecule has 0 fully saturated rings. The van der Waals surface area contributed by atoms with E-state index in [1.807, 2.05) is 18.0 Å². The van der Waals surface area contributed by atoms with Gasteiger partial charge in [0.1, 0.15) is 6.34 Å². The van der Waals surface area contributed by atoms with E-state index in [1.165, 1.54) is 0 Å². The maximum atomic E-state index is 10.7. The minimum Gasteiger partial charge on any atom is -0.297 e. The van der Waals surface area contributed by atoms with Gasteiger partial charge >= 0.3 is 0 Å². The molecule has 0 saturated carbocycles. The third-order valence-electron chi connectivity index (χ3n) is 2.40. The fourth-order valence-electron chi connectivity index (χ4n) is 1.53. The molecule has 1 aromatic rings. The highest BCUT2D eigenvalue weighted by atomic mass is 32.2. The summed E-state index contributed by atoms with van der Waals surface area (Å²) in [5, 5.41) is 1.88. The molecule has 1 atom stereocenters. The zero-order valence-corrected chi connectivity index (χ0v) is 10.2. The monoisotopic (exact) mass is 254 g/mol. The lowest BCUT2D eigenvalue weighted by Crippen LogP contribution is -2.26. The van der Waals surface area contributed by atoms with E-state index in [1.54, 1.807) is 18.5 Å². The van der Waals surface area contributed by atoms with Gasteiger partial charge in [-0.25, -0.2) is 4.21 Å². The Hall–Kier alpha value is -1.60. The number of anilines is 2. The Morgan fingerprint density at radius 1 is 1.53 bits per heavy atom. The summed E-state index contributed by atoms with van der Waals surface area (Å²) in [6.07, 6.45) is 1.74. The topological polar surface area (TPSA) is 77.0 Å². The van der Waals surface area contributed by atoms with Crippen LogP contribution in [0.4, 0.5) is 11.4 Å². The molecular formula is C10H14N4O2S. The van der Waals surface area contributed by atoms with Gasteiger partial charge in [0.2, 0.25) is 0 Å². The molecule has 1 aliphatic heterocycles. The van der Waals surface area contributed by atoms with E-state index in [2.05, 4.69) is 15.1 Å². The summed E-state index contributed by atoms with van der Waals surface area (Å²) in [7, 11) is 0. The van der Waals surface area contributed by atoms with Gasteiger partial charge in [0.25, 0.3) is 11.3 Å². The number of aryl methyl sites for hydroxylation is 1. The Labute approximate surface area is 102 Å². The summed E-state index contributed by atoms with van der Waals surface area (Å²) in [6, 6.07) is 5.42. The van der Waals surface area contributed by atoms with Crippen LogP contribution in [0.2, 0.25) is 0 Å². The van der Waals surface area contributed by atoms with Crippen molar-refractivity contribution in [2.75, 3.05) is 23.2 Å². The third kappa shape index (κ3) is 3.18. The molecule has 1 heterocycles. The Kier molecular flexibility index (Phi) is 3.60. The Bertz CT molecular complexity index is 464. The summed E-state index contributed by atoms with van der Waals surface area (Å²) < 4.78 is 21.8. The van der Waals surface area contributed by atoms with Crippen molar-refractivity contribution >= 4 is 29.0 Å². The normalized spacial score (nSPS) is 16.0. The largest absolute Gasteiger partial charge is 0.297 e. The first-order valence-corrected chi connectivity index (χ1v) is 6.27. The molecule has 1 unspecified atom stereocenters. The van der Waals surface area contributed by atoms with E-state index in [0.717, 1.165) is 24.3 Å². The van der Waals surface area contributed by atoms with Gasteiger partial charge in [-0.2, -0.15) is 0 Å². The third-order valence-corrected chi connectivity index (χ3v) is 2.81. The molecule has 0 amide bonds. The van der Waals surface area contributed by atoms with E-state index >= 15 is 0 Å². The first-order chi connectivity index (χ1) is 8.15. The van der Waals surface area contributed by atoms with E-state index in [-0.39, 0.29) is 0 Å². The highest BCUT2D eigenvalue weighted by Crippen LogP contribution is 2.21. The molecule has 0 saturated heterocycles. The molecule has 0 aromatic heterocycles. The molecular weight excluding hydrogens is 240 g/mol. The number of nitrogens with one attached hydrogen (secondary N) is 2. The molecule has 0 spiro atoms. The van der Waals surface area contributed by atoms with Crippen molar-refractivity contribution in [2.45, 2.75) is 6.92 Å². The Morgan fingerprint density at radius 2 is 2.35 bits per heavy atom. The van der Waals surface area contributed by atoms with Crippen LogP contribution in [-0.4, -0.2) is 33.2 Å². The zero-order valence-electron chi connectivity index (χ0n) is 9.38. The highest BCUT2D eigenvalue weighted by molar-refractivity contribution is 7.80. The fraction of sp³-hybridized carbons (Fsp3) is 0.300. The first-order valence-electron chi connectivity index (χ1n) is 5.16. The summed E-state index contributed by atoms with van der Waals surface area (Å²) in [4.78, 5) is 4.10. The predicted molar refractivity (Wildman–Crippen MR) is 69.3 cm³/mol. The SMILES string of the molecule is Cc1ccc(NS(=O)O)cc1NN1C=NCC1. The van der Waals surface area contributed by atoms with Crippen molar-refractivity contribution in [3.8, 4) is 0 Å². The maximum Gasteiger partial charge on any atom is 0.259 e. The van der Waals surface area contributed by atoms with Crippen LogP contribution in [0.5, 0.6) is 0 Å². The molecule has 17 heavy (non-hydrogen) atoms. The minimum absolute atomic E-state index is 0.593. The predicted octanol–water partition coefficient (Wildman–Crippen LogP) is 1.21. The zero-order chi connectivity index (χ0) is 12.3. The van der Waals surface area contributed by atoms with Crippen LogP contribution in [0.15, 0.2) is 23.2 Å². The van der Waals surface area contributed by atoms with Crippen LogP contribution < -0.4 is 10.1 Å². The summed E-state index contributed by atoms with van der Waals surface area (Å²) in [5.74, 6) is 0. The van der Waals surface area contributed by atoms with E-state index < -0.39 is 11.3 Å². The second kappa shape index (κ2) is 5.15. The van der Waals surface area contributed by atoms with Crippen LogP contribution in [0.25, 0.3) is 0 Å². The molecule has 1 aromatic carbocycles. The average Bonchev–Trinajstić information content (AvgIpc) is 2.75. The molecule has 6 nitrogen and oxygen atoms in total. The molecule has 3 N–H and O–H groups in total. The van der Waals surface area contributed by atoms with Gasteiger partial charge in [-0.15, -0.1) is 0 Å². The molecule has 0 bridgehead atoms. The summed E-state index contributed by atoms with van der Waals surface area (Å²) >= 11 is -2.05. The number of hydrazine groups is 1. The lowest BCUT2D eigenvalue weighted by atomic mass is 10.2. The van der Waals surface area contributed by atoms with Crippen LogP contribution in [0, 0.1) is 6.92 Å². The van der Waals surface area contributed by atoms with Crippen molar-refractivity contribution in [2.24, 2.45) is 4.99 Å². The molecule has 0 aliphatic carbocycles. The van der Waals surface area contributed by atoms with Gasteiger partial charge in [-0.3, -0.25) is 24.7 Å². The molecule has 7 heteroatoms. The standard InChI is InChI=1S/C10H14N4O2S/c1-8-2-3-9(13-17(15)16)6-10(8)12-14-5-4-11-7-14/h2-3,6-7,12-13H,4-5H2,1H3,(H,15,16). The van der Waals surface area contributed by atoms with Crippen LogP contribution in [0.3, 0.4) is 0 Å². The van der Waals surface area contributed by atoms with Gasteiger partial charge in [-0.05, 0) is 24.6 Å². The van der Waals surface area contributed by atoms with Crippen molar-refractivity contribution in [3.05, 3.63) is 23.8 Å². The van der Waals surface area contributed by atoms with Gasteiger partial charge in [0.15, 0.2) is 0 Å². The Balaban J connectivity index is 2.13. The van der Waals surface area contributed by atoms with Crippen molar-refractivity contribution in [3.63, 3.8) is 0 Å². The number of hydrogen-bond donors (Lipinski definition) is 3. The Morgan fingerprint density at radius 3 is 3.00 bits per heavy atom. The first kappa shape index (κ1) is 11.9. The lowest BCUT2D eigenvalue weighted by Gasteiger charge is -2.19. The van der Waals surface area contributed by atoms with Gasteiger partial charge in [-0.1, -0.05) is 6.07 Å². The van der Waals surface area contributed by atoms with Gasteiger partial charge in [0.05, 0.1) is 24.5 Å². The second-order valence-electron chi connectivity index (χ2n) is 3.71. The van der Waals surface area contributed by atoms with E-state index in [0.29, 0.717) is 5.69 Å². The second-order valence-corrected chi connectivity index (χ2v) is 4.41. The summed E-state index contributed by atoms with van der Waals surface area (Å²) in [6.45, 7) is 3.57. The molecule has 0 radical (unpaired) electrons. The number of hydrogen-bond acceptors (Lipinski definition) is 4. The lowest BCUT2D eigenvalue weighted by molar-refractivity contribution is 0.557. The molecule has 92 valence electrons. The minimum atomic E-state index is -2.05. The van der Waals surface area contributed by atoms with Crippen LogP contribution in [0.1, 0.15) is 5.56 Å². The van der Waals surface area contributed by atoms with Gasteiger partial charge in [0, 0.05) is 0 Å². The smallest absolute Gasteiger partial charge is 0.259 e. The number of nitrogens with zero attached hydrogens (tertiary/aromatic N) is 2. The highest BCUT2D eigenvalue weighted by Gasteiger charge is 2.07. The quantitative estimate of drug-likeness (QED) is 0.706. The van der Waals surface area contributed by atoms with Crippen LogP contribution in [-0.2, 0) is 11.3 Å². The van der Waals surface area contributed by atoms with Gasteiger partial charge < -0.3 is 0 Å². The van der Waals surface area contributed by atoms with E-state index in [9.17, 15) is 4.21 Å². The fourth-order valence-corrected chi connectivity index (χ4v) is 1.85. The molecule has 1 aliphatic rings. The van der Waals surface area contributed by atoms with Crippen molar-refractivity contribution in [1.29, 1.82) is 0 Å². The van der Waals surface area contributed by atoms with Crippen molar-refractivity contribution in [1.82, 2.24) is 5.01 Å². The number of rotatable bonds is 4. The van der Waals surface area contributed by atoms with Crippen molar-refractivity contribution < 1.29 is 8.76 Å². The van der Waals surface area contributed by atoms with E-state index in [4.69, 9.17) is 4.55 Å². The molecule has 2 rings (SSSR count). The maximum absolute atomic E-state index is 10.7. The number of aliphatic imine (C=N–C) groups is 1. The van der Waals surface area contributed by atoms with Crippen LogP contribution >= 0.6 is 0 Å². The number of benzene rings is 1.